The van der Waals surface area contributed by atoms with Crippen LogP contribution < -0.4 is 0 Å². The Labute approximate surface area is 101 Å². The van der Waals surface area contributed by atoms with E-state index in [2.05, 4.69) is 51.3 Å². The number of rotatable bonds is 0. The highest BCUT2D eigenvalue weighted by atomic mass is 15.3. The molecule has 0 aromatic rings. The summed E-state index contributed by atoms with van der Waals surface area (Å²) in [7, 11) is 0. The molecule has 1 saturated carbocycles. The molecule has 16 heavy (non-hydrogen) atoms. The summed E-state index contributed by atoms with van der Waals surface area (Å²) in [4.78, 5) is 5.44. The van der Waals surface area contributed by atoms with Gasteiger partial charge < -0.3 is 0 Å². The molecule has 3 rings (SSSR count). The van der Waals surface area contributed by atoms with Gasteiger partial charge in [-0.3, -0.25) is 9.80 Å². The lowest BCUT2D eigenvalue weighted by atomic mass is 9.82. The molecular weight excluding hydrogens is 196 g/mol. The Hall–Kier alpha value is -0.0800. The Kier molecular flexibility index (Phi) is 2.87. The van der Waals surface area contributed by atoms with Crippen LogP contribution in [0.3, 0.4) is 0 Å². The normalized spacial score (nSPS) is 33.4. The summed E-state index contributed by atoms with van der Waals surface area (Å²) in [6, 6.07) is 1.69. The number of nitrogens with zero attached hydrogens (tertiary/aromatic N) is 2. The zero-order valence-corrected chi connectivity index (χ0v) is 11.9. The zero-order chi connectivity index (χ0) is 12.1. The molecule has 3 fully saturated rings. The van der Waals surface area contributed by atoms with Gasteiger partial charge in [0, 0.05) is 36.3 Å². The summed E-state index contributed by atoms with van der Waals surface area (Å²) in [5.74, 6) is 0. The van der Waals surface area contributed by atoms with Crippen molar-refractivity contribution in [1.29, 1.82) is 0 Å². The fourth-order valence-corrected chi connectivity index (χ4v) is 3.41. The van der Waals surface area contributed by atoms with Crippen molar-refractivity contribution in [2.75, 3.05) is 13.1 Å². The lowest BCUT2D eigenvalue weighted by Gasteiger charge is -2.49. The molecule has 0 N–H and O–H groups in total. The van der Waals surface area contributed by atoms with Gasteiger partial charge in [-0.15, -0.1) is 0 Å². The van der Waals surface area contributed by atoms with Crippen LogP contribution >= 0.6 is 0 Å². The first-order valence-corrected chi connectivity index (χ1v) is 6.73. The first kappa shape index (κ1) is 12.4. The predicted octanol–water partition coefficient (Wildman–Crippen LogP) is 2.73. The molecule has 2 heteroatoms. The molecule has 2 saturated heterocycles. The monoisotopic (exact) mass is 224 g/mol. The van der Waals surface area contributed by atoms with Crippen molar-refractivity contribution in [3.05, 3.63) is 0 Å². The molecule has 2 aliphatic heterocycles. The van der Waals surface area contributed by atoms with E-state index in [0.717, 1.165) is 12.1 Å². The van der Waals surface area contributed by atoms with Crippen LogP contribution in [0.5, 0.6) is 0 Å². The Bertz CT molecular complexity index is 227. The smallest absolute Gasteiger partial charge is 0.0131 e. The zero-order valence-electron chi connectivity index (χ0n) is 11.9. The van der Waals surface area contributed by atoms with E-state index in [1.54, 1.807) is 0 Å². The molecule has 2 nitrogen and oxygen atoms in total. The van der Waals surface area contributed by atoms with E-state index in [1.165, 1.54) is 25.9 Å². The fraction of sp³-hybridized carbons (Fsp3) is 1.00. The van der Waals surface area contributed by atoms with E-state index in [4.69, 9.17) is 0 Å². The van der Waals surface area contributed by atoms with Crippen molar-refractivity contribution in [2.24, 2.45) is 0 Å². The van der Waals surface area contributed by atoms with Crippen molar-refractivity contribution in [2.45, 2.75) is 77.5 Å². The average Bonchev–Trinajstić information content (AvgIpc) is 2.25. The summed E-state index contributed by atoms with van der Waals surface area (Å²) < 4.78 is 0. The minimum absolute atomic E-state index is 0.337. The lowest BCUT2D eigenvalue weighted by molar-refractivity contribution is 0.0141. The van der Waals surface area contributed by atoms with Crippen molar-refractivity contribution < 1.29 is 0 Å². The summed E-state index contributed by atoms with van der Waals surface area (Å²) in [6.45, 7) is 16.6. The Morgan fingerprint density at radius 2 is 1.00 bits per heavy atom. The highest BCUT2D eigenvalue weighted by Gasteiger charge is 2.46. The molecule has 0 aromatic heterocycles. The minimum Gasteiger partial charge on any atom is -0.294 e. The van der Waals surface area contributed by atoms with Crippen LogP contribution in [0.25, 0.3) is 0 Å². The second-order valence-electron chi connectivity index (χ2n) is 7.51. The first-order chi connectivity index (χ1) is 7.19. The van der Waals surface area contributed by atoms with Gasteiger partial charge in [-0.25, -0.2) is 0 Å². The summed E-state index contributed by atoms with van der Waals surface area (Å²) in [5.41, 5.74) is 0.674. The Balaban J connectivity index is 2.09. The molecule has 2 heterocycles. The highest BCUT2D eigenvalue weighted by Crippen LogP contribution is 2.39. The molecular formula is C14H28N2. The molecule has 3 aliphatic rings. The fourth-order valence-electron chi connectivity index (χ4n) is 3.41. The molecule has 0 radical (unpaired) electrons. The number of hydrogen-bond acceptors (Lipinski definition) is 2. The van der Waals surface area contributed by atoms with Gasteiger partial charge in [0.2, 0.25) is 0 Å². The predicted molar refractivity (Wildman–Crippen MR) is 69.7 cm³/mol. The summed E-state index contributed by atoms with van der Waals surface area (Å²) in [6.07, 6.45) is 2.77. The van der Waals surface area contributed by atoms with Gasteiger partial charge in [0.25, 0.3) is 0 Å². The number of hydrogen-bond donors (Lipinski definition) is 0. The maximum atomic E-state index is 2.72. The van der Waals surface area contributed by atoms with E-state index in [-0.39, 0.29) is 0 Å². The van der Waals surface area contributed by atoms with Gasteiger partial charge in [0.05, 0.1) is 0 Å². The summed E-state index contributed by atoms with van der Waals surface area (Å²) in [5, 5.41) is 0. The van der Waals surface area contributed by atoms with E-state index >= 15 is 0 Å². The third-order valence-electron chi connectivity index (χ3n) is 4.27. The maximum absolute atomic E-state index is 2.72. The largest absolute Gasteiger partial charge is 0.294 e. The topological polar surface area (TPSA) is 6.48 Å². The molecule has 0 spiro atoms. The van der Waals surface area contributed by atoms with Crippen LogP contribution in [0.15, 0.2) is 0 Å². The molecule has 94 valence electrons. The van der Waals surface area contributed by atoms with E-state index < -0.39 is 0 Å². The third kappa shape index (κ3) is 2.14. The van der Waals surface area contributed by atoms with Gasteiger partial charge in [-0.1, -0.05) is 0 Å². The van der Waals surface area contributed by atoms with Crippen LogP contribution in [-0.2, 0) is 0 Å². The van der Waals surface area contributed by atoms with Crippen molar-refractivity contribution >= 4 is 0 Å². The average molecular weight is 224 g/mol. The summed E-state index contributed by atoms with van der Waals surface area (Å²) >= 11 is 0. The van der Waals surface area contributed by atoms with Crippen molar-refractivity contribution in [3.8, 4) is 0 Å². The van der Waals surface area contributed by atoms with Gasteiger partial charge in [0.1, 0.15) is 0 Å². The van der Waals surface area contributed by atoms with Crippen LogP contribution in [0.4, 0.5) is 0 Å². The quantitative estimate of drug-likeness (QED) is 0.624. The second-order valence-corrected chi connectivity index (χ2v) is 7.51. The van der Waals surface area contributed by atoms with Crippen molar-refractivity contribution in [1.82, 2.24) is 9.80 Å². The van der Waals surface area contributed by atoms with Crippen LogP contribution in [-0.4, -0.2) is 46.1 Å². The Morgan fingerprint density at radius 1 is 0.688 bits per heavy atom. The molecule has 1 aliphatic carbocycles. The molecule has 0 unspecified atom stereocenters. The lowest BCUT2D eigenvalue weighted by Crippen LogP contribution is -2.56. The molecule has 0 amide bonds. The standard InChI is InChI=1S/C14H28N2/c1-13(2,3)15-7-8-16(14(4,5)6)12-9-11(15)10-12/h11-12H,7-10H2,1-6H3. The van der Waals surface area contributed by atoms with Gasteiger partial charge in [-0.05, 0) is 54.4 Å². The highest BCUT2D eigenvalue weighted by molar-refractivity contribution is 5.02. The van der Waals surface area contributed by atoms with E-state index in [1.807, 2.05) is 0 Å². The number of fused-ring (bicyclic) bond motifs is 3. The molecule has 0 atom stereocenters. The third-order valence-corrected chi connectivity index (χ3v) is 4.27. The van der Waals surface area contributed by atoms with E-state index in [0.29, 0.717) is 11.1 Å². The van der Waals surface area contributed by atoms with Crippen LogP contribution in [0.2, 0.25) is 0 Å². The van der Waals surface area contributed by atoms with E-state index in [9.17, 15) is 0 Å². The first-order valence-electron chi connectivity index (χ1n) is 6.73. The SMILES string of the molecule is CC(C)(C)N1CCN(C(C)(C)C)C2CC1C2. The molecule has 0 aromatic carbocycles. The van der Waals surface area contributed by atoms with Gasteiger partial charge in [0.15, 0.2) is 0 Å². The minimum atomic E-state index is 0.337. The maximum Gasteiger partial charge on any atom is 0.0131 e. The van der Waals surface area contributed by atoms with Crippen LogP contribution in [0.1, 0.15) is 54.4 Å². The van der Waals surface area contributed by atoms with Gasteiger partial charge in [-0.2, -0.15) is 0 Å². The molecule has 2 bridgehead atoms. The Morgan fingerprint density at radius 3 is 1.25 bits per heavy atom. The second kappa shape index (κ2) is 3.71. The van der Waals surface area contributed by atoms with Gasteiger partial charge >= 0.3 is 0 Å². The van der Waals surface area contributed by atoms with Crippen LogP contribution in [0, 0.1) is 0 Å². The van der Waals surface area contributed by atoms with Crippen molar-refractivity contribution in [3.63, 3.8) is 0 Å².